The van der Waals surface area contributed by atoms with Crippen molar-refractivity contribution in [2.45, 2.75) is 31.7 Å². The first-order chi connectivity index (χ1) is 8.72. The predicted molar refractivity (Wildman–Crippen MR) is 70.1 cm³/mol. The summed E-state index contributed by atoms with van der Waals surface area (Å²) in [6.45, 7) is 2.01. The Morgan fingerprint density at radius 3 is 2.94 bits per heavy atom. The monoisotopic (exact) mass is 308 g/mol. The molecule has 94 valence electrons. The Hall–Kier alpha value is -1.50. The summed E-state index contributed by atoms with van der Waals surface area (Å²) in [6, 6.07) is 1.90. The van der Waals surface area contributed by atoms with Crippen molar-refractivity contribution in [2.24, 2.45) is 0 Å². The van der Waals surface area contributed by atoms with Crippen molar-refractivity contribution in [3.63, 3.8) is 0 Å². The third-order valence-electron chi connectivity index (χ3n) is 2.86. The van der Waals surface area contributed by atoms with Crippen LogP contribution in [0.3, 0.4) is 0 Å². The van der Waals surface area contributed by atoms with E-state index in [0.29, 0.717) is 5.92 Å². The lowest BCUT2D eigenvalue weighted by Gasteiger charge is -2.12. The molecule has 0 bridgehead atoms. The van der Waals surface area contributed by atoms with Gasteiger partial charge in [0.2, 0.25) is 0 Å². The van der Waals surface area contributed by atoms with Crippen molar-refractivity contribution in [1.29, 1.82) is 0 Å². The van der Waals surface area contributed by atoms with E-state index in [1.165, 1.54) is 19.2 Å². The topological polar surface area (TPSA) is 79.4 Å². The molecule has 2 heterocycles. The number of H-pyrrole nitrogens is 1. The van der Waals surface area contributed by atoms with Crippen LogP contribution >= 0.6 is 15.9 Å². The van der Waals surface area contributed by atoms with Crippen LogP contribution in [0.15, 0.2) is 17.0 Å². The zero-order valence-corrected chi connectivity index (χ0v) is 11.5. The van der Waals surface area contributed by atoms with E-state index < -0.39 is 0 Å². The van der Waals surface area contributed by atoms with Gasteiger partial charge in [0.25, 0.3) is 0 Å². The number of aromatic nitrogens is 5. The lowest BCUT2D eigenvalue weighted by atomic mass is 10.3. The number of hydrogen-bond acceptors (Lipinski definition) is 5. The molecule has 0 amide bonds. The average molecular weight is 309 g/mol. The van der Waals surface area contributed by atoms with Crippen molar-refractivity contribution in [2.75, 3.05) is 5.32 Å². The summed E-state index contributed by atoms with van der Waals surface area (Å²) in [6.07, 6.45) is 3.88. The van der Waals surface area contributed by atoms with Gasteiger partial charge in [-0.15, -0.1) is 0 Å². The Kier molecular flexibility index (Phi) is 2.99. The molecular formula is C11H13BrN6. The molecule has 1 fully saturated rings. The fourth-order valence-corrected chi connectivity index (χ4v) is 2.15. The zero-order chi connectivity index (χ0) is 12.5. The molecule has 0 radical (unpaired) electrons. The van der Waals surface area contributed by atoms with Gasteiger partial charge in [0, 0.05) is 12.0 Å². The lowest BCUT2D eigenvalue weighted by Crippen LogP contribution is -2.11. The van der Waals surface area contributed by atoms with Crippen molar-refractivity contribution < 1.29 is 0 Å². The van der Waals surface area contributed by atoms with Gasteiger partial charge in [0.15, 0.2) is 0 Å². The highest BCUT2D eigenvalue weighted by atomic mass is 79.9. The van der Waals surface area contributed by atoms with Gasteiger partial charge in [-0.2, -0.15) is 5.10 Å². The summed E-state index contributed by atoms with van der Waals surface area (Å²) in [4.78, 5) is 13.0. The Morgan fingerprint density at radius 1 is 1.44 bits per heavy atom. The number of anilines is 1. The zero-order valence-electron chi connectivity index (χ0n) is 9.89. The Bertz CT molecular complexity index is 536. The van der Waals surface area contributed by atoms with Crippen LogP contribution in [0.5, 0.6) is 0 Å². The van der Waals surface area contributed by atoms with E-state index in [1.807, 2.05) is 13.0 Å². The molecule has 1 aliphatic carbocycles. The third kappa shape index (κ3) is 2.50. The second kappa shape index (κ2) is 4.64. The molecule has 1 atom stereocenters. The minimum Gasteiger partial charge on any atom is -0.360 e. The number of halogens is 1. The van der Waals surface area contributed by atoms with Gasteiger partial charge in [0.05, 0.1) is 6.04 Å². The SMILES string of the molecule is CC(Nc1cc(Br)nc(C2CC2)n1)c1ncn[nH]1. The molecule has 1 unspecified atom stereocenters. The maximum absolute atomic E-state index is 4.53. The molecule has 18 heavy (non-hydrogen) atoms. The van der Waals surface area contributed by atoms with Crippen LogP contribution in [0.1, 0.15) is 43.4 Å². The fourth-order valence-electron chi connectivity index (χ4n) is 1.75. The highest BCUT2D eigenvalue weighted by Crippen LogP contribution is 2.38. The summed E-state index contributed by atoms with van der Waals surface area (Å²) in [7, 11) is 0. The minimum absolute atomic E-state index is 0.0290. The number of aromatic amines is 1. The highest BCUT2D eigenvalue weighted by molar-refractivity contribution is 9.10. The largest absolute Gasteiger partial charge is 0.360 e. The van der Waals surface area contributed by atoms with Crippen LogP contribution in [-0.4, -0.2) is 25.1 Å². The van der Waals surface area contributed by atoms with Crippen LogP contribution in [0, 0.1) is 0 Å². The Balaban J connectivity index is 1.79. The molecule has 0 aliphatic heterocycles. The Labute approximate surface area is 113 Å². The maximum atomic E-state index is 4.53. The van der Waals surface area contributed by atoms with Gasteiger partial charge in [-0.25, -0.2) is 15.0 Å². The summed E-state index contributed by atoms with van der Waals surface area (Å²) in [5.41, 5.74) is 0. The molecule has 6 nitrogen and oxygen atoms in total. The van der Waals surface area contributed by atoms with E-state index >= 15 is 0 Å². The first-order valence-electron chi connectivity index (χ1n) is 5.88. The highest BCUT2D eigenvalue weighted by Gasteiger charge is 2.27. The van der Waals surface area contributed by atoms with Crippen LogP contribution < -0.4 is 5.32 Å². The van der Waals surface area contributed by atoms with E-state index in [4.69, 9.17) is 0 Å². The maximum Gasteiger partial charge on any atom is 0.146 e. The molecule has 0 saturated heterocycles. The molecule has 2 aromatic heterocycles. The predicted octanol–water partition coefficient (Wildman–Crippen LogP) is 2.41. The summed E-state index contributed by atoms with van der Waals surface area (Å²) in [5.74, 6) is 3.04. The first-order valence-corrected chi connectivity index (χ1v) is 6.68. The summed E-state index contributed by atoms with van der Waals surface area (Å²) < 4.78 is 0.812. The number of nitrogens with one attached hydrogen (secondary N) is 2. The van der Waals surface area contributed by atoms with Crippen LogP contribution in [-0.2, 0) is 0 Å². The second-order valence-electron chi connectivity index (χ2n) is 4.45. The first kappa shape index (κ1) is 11.6. The molecular weight excluding hydrogens is 296 g/mol. The van der Waals surface area contributed by atoms with E-state index in [2.05, 4.69) is 46.4 Å². The van der Waals surface area contributed by atoms with Gasteiger partial charge >= 0.3 is 0 Å². The number of rotatable bonds is 4. The van der Waals surface area contributed by atoms with Crippen molar-refractivity contribution in [3.05, 3.63) is 28.6 Å². The standard InChI is InChI=1S/C11H13BrN6/c1-6(10-13-5-14-18-10)15-9-4-8(12)16-11(17-9)7-2-3-7/h4-7H,2-3H2,1H3,(H,13,14,18)(H,15,16,17). The molecule has 1 aliphatic rings. The van der Waals surface area contributed by atoms with Crippen molar-refractivity contribution in [1.82, 2.24) is 25.1 Å². The van der Waals surface area contributed by atoms with Crippen molar-refractivity contribution >= 4 is 21.7 Å². The normalized spacial score (nSPS) is 16.6. The smallest absolute Gasteiger partial charge is 0.146 e. The van der Waals surface area contributed by atoms with Gasteiger partial charge in [-0.1, -0.05) is 0 Å². The van der Waals surface area contributed by atoms with E-state index in [-0.39, 0.29) is 6.04 Å². The average Bonchev–Trinajstić information content (AvgIpc) is 3.03. The molecule has 2 N–H and O–H groups in total. The van der Waals surface area contributed by atoms with Crippen LogP contribution in [0.25, 0.3) is 0 Å². The fraction of sp³-hybridized carbons (Fsp3) is 0.455. The van der Waals surface area contributed by atoms with Gasteiger partial charge in [0.1, 0.15) is 28.4 Å². The lowest BCUT2D eigenvalue weighted by molar-refractivity contribution is 0.783. The molecule has 0 spiro atoms. The minimum atomic E-state index is 0.0290. The number of nitrogens with zero attached hydrogens (tertiary/aromatic N) is 4. The second-order valence-corrected chi connectivity index (χ2v) is 5.26. The Morgan fingerprint density at radius 2 is 2.28 bits per heavy atom. The molecule has 1 saturated carbocycles. The molecule has 2 aromatic rings. The van der Waals surface area contributed by atoms with Gasteiger partial charge in [-0.05, 0) is 35.7 Å². The number of hydrogen-bond donors (Lipinski definition) is 2. The van der Waals surface area contributed by atoms with Crippen LogP contribution in [0.4, 0.5) is 5.82 Å². The molecule has 0 aromatic carbocycles. The van der Waals surface area contributed by atoms with Crippen molar-refractivity contribution in [3.8, 4) is 0 Å². The summed E-state index contributed by atoms with van der Waals surface area (Å²) >= 11 is 3.42. The third-order valence-corrected chi connectivity index (χ3v) is 3.27. The quantitative estimate of drug-likeness (QED) is 0.848. The van der Waals surface area contributed by atoms with Gasteiger partial charge in [-0.3, -0.25) is 5.10 Å². The summed E-state index contributed by atoms with van der Waals surface area (Å²) in [5, 5.41) is 9.98. The van der Waals surface area contributed by atoms with E-state index in [9.17, 15) is 0 Å². The van der Waals surface area contributed by atoms with Crippen LogP contribution in [0.2, 0.25) is 0 Å². The molecule has 7 heteroatoms. The molecule has 3 rings (SSSR count). The van der Waals surface area contributed by atoms with Gasteiger partial charge < -0.3 is 5.32 Å². The van der Waals surface area contributed by atoms with E-state index in [1.54, 1.807) is 0 Å². The van der Waals surface area contributed by atoms with E-state index in [0.717, 1.165) is 22.1 Å².